The van der Waals surface area contributed by atoms with Gasteiger partial charge in [0.1, 0.15) is 12.2 Å². The number of amides is 2. The smallest absolute Gasteiger partial charge is 0.319 e. The van der Waals surface area contributed by atoms with Crippen molar-refractivity contribution in [3.05, 3.63) is 41.2 Å². The van der Waals surface area contributed by atoms with Gasteiger partial charge >= 0.3 is 6.03 Å². The first-order chi connectivity index (χ1) is 11.9. The van der Waals surface area contributed by atoms with Crippen LogP contribution in [0.4, 0.5) is 10.5 Å². The maximum absolute atomic E-state index is 12.3. The highest BCUT2D eigenvalue weighted by Crippen LogP contribution is 2.23. The molecule has 0 bridgehead atoms. The number of urea groups is 1. The minimum Gasteiger partial charge on any atom is -0.328 e. The Bertz CT molecular complexity index is 885. The lowest BCUT2D eigenvalue weighted by Gasteiger charge is -2.15. The van der Waals surface area contributed by atoms with Crippen molar-refractivity contribution in [1.82, 2.24) is 40.7 Å². The molecule has 1 aromatic carbocycles. The van der Waals surface area contributed by atoms with E-state index in [1.165, 1.54) is 11.0 Å². The highest BCUT2D eigenvalue weighted by atomic mass is 16.2. The number of anilines is 1. The summed E-state index contributed by atoms with van der Waals surface area (Å²) in [5.74, 6) is 1.23. The molecule has 10 nitrogen and oxygen atoms in total. The third kappa shape index (κ3) is 3.62. The number of tetrazole rings is 1. The van der Waals surface area contributed by atoms with Crippen molar-refractivity contribution in [2.45, 2.75) is 33.7 Å². The Labute approximate surface area is 144 Å². The standard InChI is InChI=1S/C15H19N9O/c1-8-5-12(24-7-16-22-23-24)6-13(9(8)2)19-15(25)17-10(3)14-18-11(4)20-21-14/h5-7,10H,1-4H3,(H2,17,19,25)(H,18,20,21). The Morgan fingerprint density at radius 3 is 2.72 bits per heavy atom. The van der Waals surface area contributed by atoms with Crippen LogP contribution in [0.2, 0.25) is 0 Å². The Kier molecular flexibility index (Phi) is 4.42. The Morgan fingerprint density at radius 2 is 2.08 bits per heavy atom. The number of aromatic nitrogens is 7. The van der Waals surface area contributed by atoms with Crippen molar-refractivity contribution < 1.29 is 4.79 Å². The van der Waals surface area contributed by atoms with Crippen LogP contribution in [0.25, 0.3) is 5.69 Å². The van der Waals surface area contributed by atoms with E-state index in [9.17, 15) is 4.79 Å². The Balaban J connectivity index is 1.76. The van der Waals surface area contributed by atoms with Crippen LogP contribution in [0, 0.1) is 20.8 Å². The number of hydrogen-bond donors (Lipinski definition) is 3. The van der Waals surface area contributed by atoms with E-state index in [0.717, 1.165) is 16.8 Å². The van der Waals surface area contributed by atoms with Crippen molar-refractivity contribution in [1.29, 1.82) is 0 Å². The quantitative estimate of drug-likeness (QED) is 0.661. The number of nitrogens with one attached hydrogen (secondary N) is 3. The molecule has 3 N–H and O–H groups in total. The lowest BCUT2D eigenvalue weighted by molar-refractivity contribution is 0.249. The molecule has 3 rings (SSSR count). The molecule has 1 atom stereocenters. The van der Waals surface area contributed by atoms with Gasteiger partial charge in [-0.3, -0.25) is 5.10 Å². The number of aryl methyl sites for hydroxylation is 2. The predicted octanol–water partition coefficient (Wildman–Crippen LogP) is 1.59. The van der Waals surface area contributed by atoms with Gasteiger partial charge in [0.2, 0.25) is 0 Å². The van der Waals surface area contributed by atoms with Crippen molar-refractivity contribution >= 4 is 11.7 Å². The van der Waals surface area contributed by atoms with Crippen LogP contribution < -0.4 is 10.6 Å². The summed E-state index contributed by atoms with van der Waals surface area (Å²) in [7, 11) is 0. The first kappa shape index (κ1) is 16.6. The van der Waals surface area contributed by atoms with Gasteiger partial charge in [0.15, 0.2) is 5.82 Å². The molecule has 2 amide bonds. The van der Waals surface area contributed by atoms with Crippen molar-refractivity contribution in [2.75, 3.05) is 5.32 Å². The van der Waals surface area contributed by atoms with Crippen LogP contribution >= 0.6 is 0 Å². The van der Waals surface area contributed by atoms with Crippen molar-refractivity contribution in [3.8, 4) is 5.69 Å². The zero-order valence-electron chi connectivity index (χ0n) is 14.4. The second-order valence-corrected chi connectivity index (χ2v) is 5.79. The normalized spacial score (nSPS) is 12.0. The van der Waals surface area contributed by atoms with Crippen LogP contribution in [0.15, 0.2) is 18.5 Å². The molecule has 10 heteroatoms. The molecule has 0 radical (unpaired) electrons. The van der Waals surface area contributed by atoms with Gasteiger partial charge in [-0.2, -0.15) is 5.10 Å². The highest BCUT2D eigenvalue weighted by Gasteiger charge is 2.15. The zero-order chi connectivity index (χ0) is 18.0. The average molecular weight is 341 g/mol. The van der Waals surface area contributed by atoms with Crippen LogP contribution in [-0.2, 0) is 0 Å². The summed E-state index contributed by atoms with van der Waals surface area (Å²) < 4.78 is 1.54. The number of nitrogens with zero attached hydrogens (tertiary/aromatic N) is 6. The van der Waals surface area contributed by atoms with Gasteiger partial charge < -0.3 is 10.6 Å². The van der Waals surface area contributed by atoms with Crippen LogP contribution in [0.1, 0.15) is 35.7 Å². The number of aromatic amines is 1. The molecule has 3 aromatic rings. The molecule has 0 aliphatic heterocycles. The number of carbonyl (C=O) groups excluding carboxylic acids is 1. The van der Waals surface area contributed by atoms with Gasteiger partial charge in [-0.05, 0) is 61.4 Å². The summed E-state index contributed by atoms with van der Waals surface area (Å²) >= 11 is 0. The lowest BCUT2D eigenvalue weighted by atomic mass is 10.1. The van der Waals surface area contributed by atoms with Gasteiger partial charge in [0.05, 0.1) is 11.7 Å². The number of hydrogen-bond acceptors (Lipinski definition) is 6. The SMILES string of the molecule is Cc1nc(C(C)NC(=O)Nc2cc(-n3cnnn3)cc(C)c2C)n[nH]1. The second-order valence-electron chi connectivity index (χ2n) is 5.79. The average Bonchev–Trinajstić information content (AvgIpc) is 3.23. The highest BCUT2D eigenvalue weighted by molar-refractivity contribution is 5.91. The van der Waals surface area contributed by atoms with E-state index in [2.05, 4.69) is 41.3 Å². The first-order valence-corrected chi connectivity index (χ1v) is 7.75. The molecular weight excluding hydrogens is 322 g/mol. The number of benzene rings is 1. The van der Waals surface area contributed by atoms with E-state index < -0.39 is 0 Å². The second kappa shape index (κ2) is 6.67. The molecule has 2 heterocycles. The minimum atomic E-state index is -0.341. The molecule has 2 aromatic heterocycles. The molecule has 0 aliphatic carbocycles. The largest absolute Gasteiger partial charge is 0.328 e. The van der Waals surface area contributed by atoms with Gasteiger partial charge in [-0.15, -0.1) is 5.10 Å². The molecule has 1 unspecified atom stereocenters. The number of rotatable bonds is 4. The van der Waals surface area contributed by atoms with Gasteiger partial charge in [-0.25, -0.2) is 14.5 Å². The minimum absolute atomic E-state index is 0.325. The third-order valence-electron chi connectivity index (χ3n) is 3.86. The van der Waals surface area contributed by atoms with E-state index in [1.54, 1.807) is 6.92 Å². The van der Waals surface area contributed by atoms with E-state index in [-0.39, 0.29) is 12.1 Å². The molecule has 0 saturated carbocycles. The van der Waals surface area contributed by atoms with E-state index in [0.29, 0.717) is 17.3 Å². The Morgan fingerprint density at radius 1 is 1.28 bits per heavy atom. The van der Waals surface area contributed by atoms with Crippen molar-refractivity contribution in [2.24, 2.45) is 0 Å². The van der Waals surface area contributed by atoms with Gasteiger partial charge in [-0.1, -0.05) is 0 Å². The van der Waals surface area contributed by atoms with Crippen LogP contribution in [0.5, 0.6) is 0 Å². The van der Waals surface area contributed by atoms with Gasteiger partial charge in [0, 0.05) is 5.69 Å². The maximum atomic E-state index is 12.3. The molecule has 0 fully saturated rings. The molecular formula is C15H19N9O. The summed E-state index contributed by atoms with van der Waals surface area (Å²) in [6, 6.07) is 3.11. The fourth-order valence-corrected chi connectivity index (χ4v) is 2.36. The molecule has 130 valence electrons. The monoisotopic (exact) mass is 341 g/mol. The van der Waals surface area contributed by atoms with Crippen LogP contribution in [0.3, 0.4) is 0 Å². The summed E-state index contributed by atoms with van der Waals surface area (Å²) in [5, 5.41) is 23.6. The fraction of sp³-hybridized carbons (Fsp3) is 0.333. The predicted molar refractivity (Wildman–Crippen MR) is 90.3 cm³/mol. The fourth-order valence-electron chi connectivity index (χ4n) is 2.36. The summed E-state index contributed by atoms with van der Waals surface area (Å²) in [5.41, 5.74) is 3.43. The molecule has 0 spiro atoms. The number of H-pyrrole nitrogens is 1. The zero-order valence-corrected chi connectivity index (χ0v) is 14.4. The third-order valence-corrected chi connectivity index (χ3v) is 3.86. The lowest BCUT2D eigenvalue weighted by Crippen LogP contribution is -2.32. The molecule has 25 heavy (non-hydrogen) atoms. The summed E-state index contributed by atoms with van der Waals surface area (Å²) in [6.45, 7) is 7.53. The topological polar surface area (TPSA) is 126 Å². The Hall–Kier alpha value is -3.30. The van der Waals surface area contributed by atoms with E-state index >= 15 is 0 Å². The molecule has 0 aliphatic rings. The summed E-state index contributed by atoms with van der Waals surface area (Å²) in [6.07, 6.45) is 1.50. The van der Waals surface area contributed by atoms with Crippen LogP contribution in [-0.4, -0.2) is 41.4 Å². The summed E-state index contributed by atoms with van der Waals surface area (Å²) in [4.78, 5) is 16.5. The van der Waals surface area contributed by atoms with E-state index in [4.69, 9.17) is 0 Å². The maximum Gasteiger partial charge on any atom is 0.319 e. The number of carbonyl (C=O) groups is 1. The van der Waals surface area contributed by atoms with Crippen molar-refractivity contribution in [3.63, 3.8) is 0 Å². The molecule has 0 saturated heterocycles. The first-order valence-electron chi connectivity index (χ1n) is 7.75. The van der Waals surface area contributed by atoms with E-state index in [1.807, 2.05) is 32.9 Å². The van der Waals surface area contributed by atoms with Gasteiger partial charge in [0.25, 0.3) is 0 Å².